The SMILES string of the molecule is Cc1ccc([C@@H](C)NCC(=O)Nc2nc(-c3ccc(Cl)cc3Cl)cs2)cc1. The Labute approximate surface area is 172 Å². The molecule has 0 saturated heterocycles. The van der Waals surface area contributed by atoms with E-state index in [2.05, 4.69) is 46.8 Å². The zero-order chi connectivity index (χ0) is 19.4. The maximum absolute atomic E-state index is 12.2. The molecule has 0 aliphatic carbocycles. The highest BCUT2D eigenvalue weighted by Crippen LogP contribution is 2.32. The number of carbonyl (C=O) groups is 1. The number of nitrogens with zero attached hydrogens (tertiary/aromatic N) is 1. The molecule has 0 aliphatic heterocycles. The van der Waals surface area contributed by atoms with Crippen LogP contribution in [0.2, 0.25) is 10.0 Å². The van der Waals surface area contributed by atoms with Gasteiger partial charge in [0.15, 0.2) is 5.13 Å². The summed E-state index contributed by atoms with van der Waals surface area (Å²) in [4.78, 5) is 16.6. The van der Waals surface area contributed by atoms with Crippen LogP contribution in [0.3, 0.4) is 0 Å². The highest BCUT2D eigenvalue weighted by atomic mass is 35.5. The molecule has 27 heavy (non-hydrogen) atoms. The molecule has 0 spiro atoms. The molecule has 0 radical (unpaired) electrons. The Balaban J connectivity index is 1.57. The number of amides is 1. The first-order valence-electron chi connectivity index (χ1n) is 8.43. The molecular formula is C20H19Cl2N3OS. The van der Waals surface area contributed by atoms with Gasteiger partial charge in [-0.25, -0.2) is 4.98 Å². The number of rotatable bonds is 6. The van der Waals surface area contributed by atoms with Crippen molar-refractivity contribution in [2.45, 2.75) is 19.9 Å². The molecule has 0 fully saturated rings. The van der Waals surface area contributed by atoms with Crippen molar-refractivity contribution in [1.82, 2.24) is 10.3 Å². The lowest BCUT2D eigenvalue weighted by Gasteiger charge is -2.14. The summed E-state index contributed by atoms with van der Waals surface area (Å²) >= 11 is 13.5. The molecule has 1 amide bonds. The smallest absolute Gasteiger partial charge is 0.240 e. The number of anilines is 1. The van der Waals surface area contributed by atoms with Gasteiger partial charge < -0.3 is 10.6 Å². The van der Waals surface area contributed by atoms with E-state index in [1.807, 2.05) is 18.4 Å². The number of carbonyl (C=O) groups excluding carboxylic acids is 1. The van der Waals surface area contributed by atoms with Gasteiger partial charge in [-0.15, -0.1) is 11.3 Å². The number of hydrogen-bond donors (Lipinski definition) is 2. The highest BCUT2D eigenvalue weighted by Gasteiger charge is 2.12. The molecule has 3 aromatic rings. The van der Waals surface area contributed by atoms with Gasteiger partial charge >= 0.3 is 0 Å². The van der Waals surface area contributed by atoms with Crippen LogP contribution in [0.15, 0.2) is 47.8 Å². The summed E-state index contributed by atoms with van der Waals surface area (Å²) in [5.41, 5.74) is 3.84. The van der Waals surface area contributed by atoms with Crippen molar-refractivity contribution in [3.63, 3.8) is 0 Å². The standard InChI is InChI=1S/C20H19Cl2N3OS/c1-12-3-5-14(6-4-12)13(2)23-10-19(26)25-20-24-18(11-27-20)16-8-7-15(21)9-17(16)22/h3-9,11,13,23H,10H2,1-2H3,(H,24,25,26)/t13-/m1/s1. The van der Waals surface area contributed by atoms with Gasteiger partial charge in [-0.2, -0.15) is 0 Å². The third kappa shape index (κ3) is 5.30. The number of hydrogen-bond acceptors (Lipinski definition) is 4. The Bertz CT molecular complexity index is 941. The zero-order valence-electron chi connectivity index (χ0n) is 14.9. The lowest BCUT2D eigenvalue weighted by Crippen LogP contribution is -2.30. The Morgan fingerprint density at radius 3 is 2.63 bits per heavy atom. The largest absolute Gasteiger partial charge is 0.302 e. The average Bonchev–Trinajstić information content (AvgIpc) is 3.08. The Morgan fingerprint density at radius 2 is 1.93 bits per heavy atom. The summed E-state index contributed by atoms with van der Waals surface area (Å²) in [6, 6.07) is 13.6. The van der Waals surface area contributed by atoms with Crippen molar-refractivity contribution in [2.75, 3.05) is 11.9 Å². The van der Waals surface area contributed by atoms with E-state index in [4.69, 9.17) is 23.2 Å². The van der Waals surface area contributed by atoms with Gasteiger partial charge in [0.1, 0.15) is 0 Å². The predicted octanol–water partition coefficient (Wildman–Crippen LogP) is 5.71. The van der Waals surface area contributed by atoms with E-state index in [0.717, 1.165) is 11.1 Å². The maximum Gasteiger partial charge on any atom is 0.240 e. The van der Waals surface area contributed by atoms with Crippen LogP contribution in [0.25, 0.3) is 11.3 Å². The first kappa shape index (κ1) is 19.8. The molecule has 4 nitrogen and oxygen atoms in total. The minimum absolute atomic E-state index is 0.0797. The van der Waals surface area contributed by atoms with Crippen LogP contribution in [0, 0.1) is 6.92 Å². The maximum atomic E-state index is 12.2. The third-order valence-corrected chi connectivity index (χ3v) is 5.41. The number of halogens is 2. The van der Waals surface area contributed by atoms with E-state index >= 15 is 0 Å². The molecule has 0 saturated carbocycles. The van der Waals surface area contributed by atoms with Crippen LogP contribution < -0.4 is 10.6 Å². The number of aromatic nitrogens is 1. The molecule has 1 heterocycles. The molecule has 0 aliphatic rings. The number of aryl methyl sites for hydroxylation is 1. The monoisotopic (exact) mass is 419 g/mol. The van der Waals surface area contributed by atoms with E-state index in [-0.39, 0.29) is 18.5 Å². The van der Waals surface area contributed by atoms with Gasteiger partial charge in [-0.05, 0) is 37.6 Å². The van der Waals surface area contributed by atoms with Gasteiger partial charge in [0.2, 0.25) is 5.91 Å². The van der Waals surface area contributed by atoms with Crippen molar-refractivity contribution in [3.05, 3.63) is 69.0 Å². The summed E-state index contributed by atoms with van der Waals surface area (Å²) in [6.45, 7) is 4.28. The summed E-state index contributed by atoms with van der Waals surface area (Å²) in [7, 11) is 0. The molecule has 7 heteroatoms. The lowest BCUT2D eigenvalue weighted by atomic mass is 10.1. The molecule has 0 bridgehead atoms. The number of nitrogens with one attached hydrogen (secondary N) is 2. The van der Waals surface area contributed by atoms with Crippen LogP contribution in [0.5, 0.6) is 0 Å². The Hall–Kier alpha value is -1.92. The van der Waals surface area contributed by atoms with Crippen LogP contribution in [0.4, 0.5) is 5.13 Å². The van der Waals surface area contributed by atoms with Crippen molar-refractivity contribution in [1.29, 1.82) is 0 Å². The van der Waals surface area contributed by atoms with Crippen LogP contribution in [-0.2, 0) is 4.79 Å². The Kier molecular flexibility index (Phi) is 6.50. The lowest BCUT2D eigenvalue weighted by molar-refractivity contribution is -0.115. The van der Waals surface area contributed by atoms with E-state index in [9.17, 15) is 4.79 Å². The van der Waals surface area contributed by atoms with Crippen molar-refractivity contribution in [2.24, 2.45) is 0 Å². The normalized spacial score (nSPS) is 12.0. The fraction of sp³-hybridized carbons (Fsp3) is 0.200. The third-order valence-electron chi connectivity index (χ3n) is 4.10. The van der Waals surface area contributed by atoms with Crippen LogP contribution in [0.1, 0.15) is 24.1 Å². The van der Waals surface area contributed by atoms with Crippen molar-refractivity contribution >= 4 is 45.6 Å². The van der Waals surface area contributed by atoms with Crippen LogP contribution >= 0.6 is 34.5 Å². The van der Waals surface area contributed by atoms with Gasteiger partial charge in [-0.1, -0.05) is 53.0 Å². The first-order valence-corrected chi connectivity index (χ1v) is 10.1. The fourth-order valence-corrected chi connectivity index (χ4v) is 3.77. The van der Waals surface area contributed by atoms with Crippen molar-refractivity contribution < 1.29 is 4.79 Å². The minimum atomic E-state index is -0.142. The average molecular weight is 420 g/mol. The minimum Gasteiger partial charge on any atom is -0.302 e. The van der Waals surface area contributed by atoms with Gasteiger partial charge in [0.05, 0.1) is 17.3 Å². The predicted molar refractivity (Wildman–Crippen MR) is 114 cm³/mol. The zero-order valence-corrected chi connectivity index (χ0v) is 17.3. The second kappa shape index (κ2) is 8.85. The van der Waals surface area contributed by atoms with Gasteiger partial charge in [-0.3, -0.25) is 4.79 Å². The summed E-state index contributed by atoms with van der Waals surface area (Å²) in [5, 5.41) is 9.52. The topological polar surface area (TPSA) is 54.0 Å². The summed E-state index contributed by atoms with van der Waals surface area (Å²) in [6.07, 6.45) is 0. The van der Waals surface area contributed by atoms with E-state index in [1.54, 1.807) is 12.1 Å². The Morgan fingerprint density at radius 1 is 1.19 bits per heavy atom. The molecule has 2 aromatic carbocycles. The number of thiazole rings is 1. The number of benzene rings is 2. The van der Waals surface area contributed by atoms with Crippen LogP contribution in [-0.4, -0.2) is 17.4 Å². The molecule has 1 aromatic heterocycles. The molecule has 1 atom stereocenters. The van der Waals surface area contributed by atoms with E-state index in [1.165, 1.54) is 16.9 Å². The van der Waals surface area contributed by atoms with Gasteiger partial charge in [0, 0.05) is 22.0 Å². The van der Waals surface area contributed by atoms with Crippen molar-refractivity contribution in [3.8, 4) is 11.3 Å². The molecular weight excluding hydrogens is 401 g/mol. The summed E-state index contributed by atoms with van der Waals surface area (Å²) in [5.74, 6) is -0.142. The first-order chi connectivity index (χ1) is 12.9. The van der Waals surface area contributed by atoms with E-state index in [0.29, 0.717) is 20.9 Å². The van der Waals surface area contributed by atoms with E-state index < -0.39 is 0 Å². The quantitative estimate of drug-likeness (QED) is 0.537. The molecule has 140 valence electrons. The molecule has 3 rings (SSSR count). The fourth-order valence-electron chi connectivity index (χ4n) is 2.53. The second-order valence-corrected chi connectivity index (χ2v) is 7.93. The second-order valence-electron chi connectivity index (χ2n) is 6.22. The summed E-state index contributed by atoms with van der Waals surface area (Å²) < 4.78 is 0. The molecule has 0 unspecified atom stereocenters. The van der Waals surface area contributed by atoms with Gasteiger partial charge in [0.25, 0.3) is 0 Å². The molecule has 2 N–H and O–H groups in total. The highest BCUT2D eigenvalue weighted by molar-refractivity contribution is 7.14.